The standard InChI is InChI=1S/C14H23N3O/c1-16-6-7-18-13(9-16)10-17-5-4-12(8-17)14(15)11-2-3-11/h4-5,8,11,13-14H,2-3,6-7,9-10,15H2,1H3. The Balaban J connectivity index is 1.59. The SMILES string of the molecule is CN1CCOC(Cn2ccc(C(N)C3CC3)c2)C1. The van der Waals surface area contributed by atoms with E-state index in [0.717, 1.165) is 32.2 Å². The molecule has 1 saturated carbocycles. The molecule has 2 fully saturated rings. The van der Waals surface area contributed by atoms with Crippen LogP contribution in [0.25, 0.3) is 0 Å². The van der Waals surface area contributed by atoms with Gasteiger partial charge in [0.2, 0.25) is 0 Å². The molecule has 4 heteroatoms. The summed E-state index contributed by atoms with van der Waals surface area (Å²) in [5.41, 5.74) is 7.50. The number of rotatable bonds is 4. The van der Waals surface area contributed by atoms with Crippen molar-refractivity contribution in [3.8, 4) is 0 Å². The van der Waals surface area contributed by atoms with Crippen LogP contribution in [-0.2, 0) is 11.3 Å². The van der Waals surface area contributed by atoms with Gasteiger partial charge in [0.25, 0.3) is 0 Å². The molecule has 3 rings (SSSR count). The minimum absolute atomic E-state index is 0.237. The van der Waals surface area contributed by atoms with Crippen LogP contribution in [0, 0.1) is 5.92 Å². The summed E-state index contributed by atoms with van der Waals surface area (Å²) in [7, 11) is 2.15. The molecule has 2 heterocycles. The molecule has 2 N–H and O–H groups in total. The third kappa shape index (κ3) is 2.76. The van der Waals surface area contributed by atoms with E-state index in [1.54, 1.807) is 0 Å². The molecule has 100 valence electrons. The normalized spacial score (nSPS) is 27.3. The monoisotopic (exact) mass is 249 g/mol. The molecule has 18 heavy (non-hydrogen) atoms. The quantitative estimate of drug-likeness (QED) is 0.873. The van der Waals surface area contributed by atoms with Gasteiger partial charge < -0.3 is 19.9 Å². The summed E-state index contributed by atoms with van der Waals surface area (Å²) in [6.45, 7) is 3.83. The number of morpholine rings is 1. The van der Waals surface area contributed by atoms with Gasteiger partial charge in [0.15, 0.2) is 0 Å². The second-order valence-corrected chi connectivity index (χ2v) is 5.76. The average molecular weight is 249 g/mol. The Morgan fingerprint density at radius 3 is 3.06 bits per heavy atom. The summed E-state index contributed by atoms with van der Waals surface area (Å²) < 4.78 is 8.01. The molecule has 1 aliphatic carbocycles. The largest absolute Gasteiger partial charge is 0.374 e. The van der Waals surface area contributed by atoms with Crippen molar-refractivity contribution in [1.29, 1.82) is 0 Å². The molecule has 0 aromatic carbocycles. The Hall–Kier alpha value is -0.840. The zero-order valence-electron chi connectivity index (χ0n) is 11.1. The number of hydrogen-bond donors (Lipinski definition) is 1. The lowest BCUT2D eigenvalue weighted by molar-refractivity contribution is -0.0274. The number of nitrogens with two attached hydrogens (primary N) is 1. The number of hydrogen-bond acceptors (Lipinski definition) is 3. The van der Waals surface area contributed by atoms with Crippen LogP contribution in [0.3, 0.4) is 0 Å². The summed E-state index contributed by atoms with van der Waals surface area (Å²) in [4.78, 5) is 2.33. The minimum Gasteiger partial charge on any atom is -0.374 e. The van der Waals surface area contributed by atoms with Crippen molar-refractivity contribution >= 4 is 0 Å². The molecular formula is C14H23N3O. The maximum atomic E-state index is 6.22. The Labute approximate surface area is 109 Å². The van der Waals surface area contributed by atoms with Crippen LogP contribution in [0.15, 0.2) is 18.5 Å². The fraction of sp³-hybridized carbons (Fsp3) is 0.714. The smallest absolute Gasteiger partial charge is 0.0880 e. The van der Waals surface area contributed by atoms with Crippen LogP contribution >= 0.6 is 0 Å². The van der Waals surface area contributed by atoms with E-state index in [0.29, 0.717) is 6.10 Å². The Kier molecular flexibility index (Phi) is 3.41. The van der Waals surface area contributed by atoms with Gasteiger partial charge in [0.05, 0.1) is 12.7 Å². The Bertz CT molecular complexity index is 399. The molecule has 1 aliphatic heterocycles. The minimum atomic E-state index is 0.237. The van der Waals surface area contributed by atoms with Crippen molar-refractivity contribution in [2.24, 2.45) is 11.7 Å². The molecule has 1 aromatic rings. The number of likely N-dealkylation sites (N-methyl/N-ethyl adjacent to an activating group) is 1. The second kappa shape index (κ2) is 5.03. The summed E-state index contributed by atoms with van der Waals surface area (Å²) in [5, 5.41) is 0. The first-order valence-corrected chi connectivity index (χ1v) is 6.94. The van der Waals surface area contributed by atoms with E-state index >= 15 is 0 Å². The maximum absolute atomic E-state index is 6.22. The van der Waals surface area contributed by atoms with Crippen LogP contribution in [0.4, 0.5) is 0 Å². The van der Waals surface area contributed by atoms with E-state index in [1.165, 1.54) is 18.4 Å². The van der Waals surface area contributed by atoms with Gasteiger partial charge in [-0.05, 0) is 37.4 Å². The van der Waals surface area contributed by atoms with Gasteiger partial charge in [-0.25, -0.2) is 0 Å². The molecule has 0 amide bonds. The van der Waals surface area contributed by atoms with E-state index < -0.39 is 0 Å². The predicted molar refractivity (Wildman–Crippen MR) is 71.3 cm³/mol. The van der Waals surface area contributed by atoms with Crippen molar-refractivity contribution in [2.45, 2.75) is 31.5 Å². The first kappa shape index (κ1) is 12.2. The molecule has 1 saturated heterocycles. The van der Waals surface area contributed by atoms with Crippen molar-refractivity contribution in [2.75, 3.05) is 26.7 Å². The number of aromatic nitrogens is 1. The van der Waals surface area contributed by atoms with Crippen molar-refractivity contribution in [3.63, 3.8) is 0 Å². The van der Waals surface area contributed by atoms with E-state index in [9.17, 15) is 0 Å². The fourth-order valence-electron chi connectivity index (χ4n) is 2.71. The van der Waals surface area contributed by atoms with Gasteiger partial charge in [-0.3, -0.25) is 0 Å². The fourth-order valence-corrected chi connectivity index (χ4v) is 2.71. The van der Waals surface area contributed by atoms with Gasteiger partial charge in [0, 0.05) is 38.1 Å². The molecular weight excluding hydrogens is 226 g/mol. The van der Waals surface area contributed by atoms with Gasteiger partial charge in [-0.1, -0.05) is 0 Å². The lowest BCUT2D eigenvalue weighted by Gasteiger charge is -2.30. The van der Waals surface area contributed by atoms with Gasteiger partial charge >= 0.3 is 0 Å². The van der Waals surface area contributed by atoms with Crippen LogP contribution in [0.5, 0.6) is 0 Å². The maximum Gasteiger partial charge on any atom is 0.0880 e. The molecule has 0 spiro atoms. The first-order valence-electron chi connectivity index (χ1n) is 6.94. The molecule has 0 radical (unpaired) electrons. The van der Waals surface area contributed by atoms with Crippen LogP contribution in [0.1, 0.15) is 24.4 Å². The summed E-state index contributed by atoms with van der Waals surface area (Å²) in [6, 6.07) is 2.40. The van der Waals surface area contributed by atoms with E-state index in [-0.39, 0.29) is 6.04 Å². The number of nitrogens with zero attached hydrogens (tertiary/aromatic N) is 2. The van der Waals surface area contributed by atoms with Crippen LogP contribution < -0.4 is 5.73 Å². The van der Waals surface area contributed by atoms with Crippen LogP contribution in [-0.4, -0.2) is 42.3 Å². The van der Waals surface area contributed by atoms with Crippen molar-refractivity contribution in [3.05, 3.63) is 24.0 Å². The zero-order chi connectivity index (χ0) is 12.5. The highest BCUT2D eigenvalue weighted by molar-refractivity contribution is 5.17. The van der Waals surface area contributed by atoms with Gasteiger partial charge in [-0.15, -0.1) is 0 Å². The van der Waals surface area contributed by atoms with Gasteiger partial charge in [0.1, 0.15) is 0 Å². The molecule has 2 atom stereocenters. The third-order valence-electron chi connectivity index (χ3n) is 4.04. The lowest BCUT2D eigenvalue weighted by atomic mass is 10.1. The summed E-state index contributed by atoms with van der Waals surface area (Å²) in [5.74, 6) is 0.720. The highest BCUT2D eigenvalue weighted by atomic mass is 16.5. The predicted octanol–water partition coefficient (Wildman–Crippen LogP) is 1.23. The highest BCUT2D eigenvalue weighted by Crippen LogP contribution is 2.39. The first-order chi connectivity index (χ1) is 8.72. The molecule has 1 aromatic heterocycles. The molecule has 4 nitrogen and oxygen atoms in total. The Morgan fingerprint density at radius 2 is 2.33 bits per heavy atom. The lowest BCUT2D eigenvalue weighted by Crippen LogP contribution is -2.41. The summed E-state index contributed by atoms with van der Waals surface area (Å²) >= 11 is 0. The topological polar surface area (TPSA) is 43.4 Å². The second-order valence-electron chi connectivity index (χ2n) is 5.76. The van der Waals surface area contributed by atoms with E-state index in [2.05, 4.69) is 35.0 Å². The molecule has 2 unspecified atom stereocenters. The zero-order valence-corrected chi connectivity index (χ0v) is 11.1. The van der Waals surface area contributed by atoms with Gasteiger partial charge in [-0.2, -0.15) is 0 Å². The Morgan fingerprint density at radius 1 is 1.50 bits per heavy atom. The van der Waals surface area contributed by atoms with Crippen LogP contribution in [0.2, 0.25) is 0 Å². The average Bonchev–Trinajstić information content (AvgIpc) is 3.09. The highest BCUT2D eigenvalue weighted by Gasteiger charge is 2.30. The van der Waals surface area contributed by atoms with Crippen molar-refractivity contribution < 1.29 is 4.74 Å². The van der Waals surface area contributed by atoms with E-state index in [1.807, 2.05) is 0 Å². The number of ether oxygens (including phenoxy) is 1. The third-order valence-corrected chi connectivity index (χ3v) is 4.04. The molecule has 0 bridgehead atoms. The summed E-state index contributed by atoms with van der Waals surface area (Å²) in [6.07, 6.45) is 7.23. The van der Waals surface area contributed by atoms with Crippen molar-refractivity contribution in [1.82, 2.24) is 9.47 Å². The van der Waals surface area contributed by atoms with E-state index in [4.69, 9.17) is 10.5 Å². The molecule has 2 aliphatic rings.